The molecule has 0 bridgehead atoms. The summed E-state index contributed by atoms with van der Waals surface area (Å²) in [6.07, 6.45) is 1.22. The van der Waals surface area contributed by atoms with Crippen molar-refractivity contribution < 1.29 is 14.6 Å². The minimum atomic E-state index is -0.368. The Balaban J connectivity index is 2.35. The molecule has 0 spiro atoms. The molecule has 4 heteroatoms. The molecule has 2 unspecified atom stereocenters. The summed E-state index contributed by atoms with van der Waals surface area (Å²) in [5, 5.41) is 9.90. The van der Waals surface area contributed by atoms with E-state index in [0.29, 0.717) is 6.54 Å². The standard InChI is InChI=1S/C12H23NO3/c1-12(2,3)7-9(14)8-13-6-5-10(13)11(15)16-4/h9-10,14H,5-8H2,1-4H3. The lowest BCUT2D eigenvalue weighted by Gasteiger charge is -2.40. The van der Waals surface area contributed by atoms with Crippen LogP contribution in [0.4, 0.5) is 0 Å². The Morgan fingerprint density at radius 1 is 1.56 bits per heavy atom. The number of β-amino-alcohol motifs (C(OH)–C–C–N with tert-alkyl or cyclic N) is 1. The summed E-state index contributed by atoms with van der Waals surface area (Å²) in [7, 11) is 1.41. The summed E-state index contributed by atoms with van der Waals surface area (Å²) in [5.41, 5.74) is 0.116. The van der Waals surface area contributed by atoms with Crippen LogP contribution in [0.25, 0.3) is 0 Å². The van der Waals surface area contributed by atoms with Crippen LogP contribution in [0.15, 0.2) is 0 Å². The smallest absolute Gasteiger partial charge is 0.323 e. The van der Waals surface area contributed by atoms with Crippen LogP contribution < -0.4 is 0 Å². The van der Waals surface area contributed by atoms with E-state index < -0.39 is 0 Å². The lowest BCUT2D eigenvalue weighted by molar-refractivity contribution is -0.153. The molecule has 0 amide bonds. The molecule has 1 aliphatic heterocycles. The number of hydrogen-bond donors (Lipinski definition) is 1. The van der Waals surface area contributed by atoms with Gasteiger partial charge in [0.15, 0.2) is 0 Å². The minimum Gasteiger partial charge on any atom is -0.468 e. The second-order valence-electron chi connectivity index (χ2n) is 5.74. The van der Waals surface area contributed by atoms with Crippen molar-refractivity contribution in [2.45, 2.75) is 45.8 Å². The second kappa shape index (κ2) is 5.15. The van der Waals surface area contributed by atoms with Crippen LogP contribution in [0.1, 0.15) is 33.6 Å². The van der Waals surface area contributed by atoms with E-state index in [-0.39, 0.29) is 23.5 Å². The van der Waals surface area contributed by atoms with Gasteiger partial charge < -0.3 is 9.84 Å². The molecule has 1 heterocycles. The van der Waals surface area contributed by atoms with Gasteiger partial charge in [0.2, 0.25) is 0 Å². The van der Waals surface area contributed by atoms with Crippen molar-refractivity contribution in [2.24, 2.45) is 5.41 Å². The Hall–Kier alpha value is -0.610. The van der Waals surface area contributed by atoms with Crippen LogP contribution >= 0.6 is 0 Å². The van der Waals surface area contributed by atoms with Crippen molar-refractivity contribution in [2.75, 3.05) is 20.2 Å². The molecule has 0 aromatic heterocycles. The van der Waals surface area contributed by atoms with Gasteiger partial charge in [-0.1, -0.05) is 20.8 Å². The molecule has 0 aromatic carbocycles. The predicted octanol–water partition coefficient (Wildman–Crippen LogP) is 1.03. The first-order chi connectivity index (χ1) is 7.33. The molecule has 0 aromatic rings. The molecule has 16 heavy (non-hydrogen) atoms. The molecule has 94 valence electrons. The molecular weight excluding hydrogens is 206 g/mol. The number of hydrogen-bond acceptors (Lipinski definition) is 4. The quantitative estimate of drug-likeness (QED) is 0.732. The fourth-order valence-electron chi connectivity index (χ4n) is 2.10. The number of likely N-dealkylation sites (tertiary alicyclic amines) is 1. The van der Waals surface area contributed by atoms with Gasteiger partial charge in [0, 0.05) is 13.1 Å². The highest BCUT2D eigenvalue weighted by Gasteiger charge is 2.36. The van der Waals surface area contributed by atoms with E-state index in [0.717, 1.165) is 19.4 Å². The molecule has 2 atom stereocenters. The summed E-state index contributed by atoms with van der Waals surface area (Å²) < 4.78 is 4.70. The number of aliphatic hydroxyl groups is 1. The van der Waals surface area contributed by atoms with E-state index in [1.54, 1.807) is 0 Å². The summed E-state index contributed by atoms with van der Waals surface area (Å²) in [5.74, 6) is -0.186. The highest BCUT2D eigenvalue weighted by Crippen LogP contribution is 2.24. The van der Waals surface area contributed by atoms with Gasteiger partial charge in [0.25, 0.3) is 0 Å². The zero-order valence-electron chi connectivity index (χ0n) is 10.7. The number of nitrogens with zero attached hydrogens (tertiary/aromatic N) is 1. The van der Waals surface area contributed by atoms with Crippen LogP contribution in [0.2, 0.25) is 0 Å². The fourth-order valence-corrected chi connectivity index (χ4v) is 2.10. The molecule has 0 aliphatic carbocycles. The maximum atomic E-state index is 11.3. The van der Waals surface area contributed by atoms with Crippen molar-refractivity contribution >= 4 is 5.97 Å². The van der Waals surface area contributed by atoms with E-state index in [1.807, 2.05) is 4.90 Å². The Bertz CT molecular complexity index is 247. The predicted molar refractivity (Wildman–Crippen MR) is 62.1 cm³/mol. The van der Waals surface area contributed by atoms with Gasteiger partial charge in [-0.25, -0.2) is 0 Å². The van der Waals surface area contributed by atoms with E-state index in [2.05, 4.69) is 20.8 Å². The van der Waals surface area contributed by atoms with Crippen molar-refractivity contribution in [3.05, 3.63) is 0 Å². The monoisotopic (exact) mass is 229 g/mol. The van der Waals surface area contributed by atoms with Crippen molar-refractivity contribution in [1.82, 2.24) is 4.90 Å². The Labute approximate surface area is 97.6 Å². The number of aliphatic hydroxyl groups excluding tert-OH is 1. The van der Waals surface area contributed by atoms with E-state index in [4.69, 9.17) is 4.74 Å². The van der Waals surface area contributed by atoms with Gasteiger partial charge in [-0.05, 0) is 18.3 Å². The average Bonchev–Trinajstić information content (AvgIpc) is 2.09. The molecule has 4 nitrogen and oxygen atoms in total. The van der Waals surface area contributed by atoms with Crippen LogP contribution in [0.3, 0.4) is 0 Å². The molecule has 1 N–H and O–H groups in total. The van der Waals surface area contributed by atoms with Gasteiger partial charge in [0.05, 0.1) is 13.2 Å². The van der Waals surface area contributed by atoms with Gasteiger partial charge in [-0.3, -0.25) is 9.69 Å². The van der Waals surface area contributed by atoms with Gasteiger partial charge in [0.1, 0.15) is 6.04 Å². The van der Waals surface area contributed by atoms with Crippen LogP contribution in [-0.2, 0) is 9.53 Å². The third-order valence-electron chi connectivity index (χ3n) is 2.90. The van der Waals surface area contributed by atoms with Crippen molar-refractivity contribution in [3.63, 3.8) is 0 Å². The van der Waals surface area contributed by atoms with E-state index in [1.165, 1.54) is 7.11 Å². The molecule has 1 fully saturated rings. The molecule has 0 saturated carbocycles. The summed E-state index contributed by atoms with van der Waals surface area (Å²) in [6.45, 7) is 7.75. The molecule has 0 radical (unpaired) electrons. The van der Waals surface area contributed by atoms with E-state index in [9.17, 15) is 9.90 Å². The van der Waals surface area contributed by atoms with Crippen LogP contribution in [0.5, 0.6) is 0 Å². The average molecular weight is 229 g/mol. The zero-order chi connectivity index (χ0) is 12.3. The Kier molecular flexibility index (Phi) is 4.33. The number of carbonyl (C=O) groups is 1. The highest BCUT2D eigenvalue weighted by molar-refractivity contribution is 5.76. The largest absolute Gasteiger partial charge is 0.468 e. The third kappa shape index (κ3) is 3.76. The minimum absolute atomic E-state index is 0.116. The topological polar surface area (TPSA) is 49.8 Å². The lowest BCUT2D eigenvalue weighted by atomic mass is 9.88. The number of methoxy groups -OCH3 is 1. The number of esters is 1. The Morgan fingerprint density at radius 3 is 2.56 bits per heavy atom. The molecule has 1 rings (SSSR count). The van der Waals surface area contributed by atoms with E-state index >= 15 is 0 Å². The molecule has 1 aliphatic rings. The van der Waals surface area contributed by atoms with Crippen LogP contribution in [0, 0.1) is 5.41 Å². The van der Waals surface area contributed by atoms with Gasteiger partial charge >= 0.3 is 5.97 Å². The Morgan fingerprint density at radius 2 is 2.19 bits per heavy atom. The van der Waals surface area contributed by atoms with Gasteiger partial charge in [-0.2, -0.15) is 0 Å². The zero-order valence-corrected chi connectivity index (χ0v) is 10.7. The first-order valence-electron chi connectivity index (χ1n) is 5.83. The summed E-state index contributed by atoms with van der Waals surface area (Å²) in [4.78, 5) is 13.3. The van der Waals surface area contributed by atoms with Crippen molar-refractivity contribution in [1.29, 1.82) is 0 Å². The third-order valence-corrected chi connectivity index (χ3v) is 2.90. The highest BCUT2D eigenvalue weighted by atomic mass is 16.5. The lowest BCUT2D eigenvalue weighted by Crippen LogP contribution is -2.55. The number of carbonyl (C=O) groups excluding carboxylic acids is 1. The van der Waals surface area contributed by atoms with Crippen molar-refractivity contribution in [3.8, 4) is 0 Å². The van der Waals surface area contributed by atoms with Gasteiger partial charge in [-0.15, -0.1) is 0 Å². The molecule has 1 saturated heterocycles. The normalized spacial score (nSPS) is 23.7. The first-order valence-corrected chi connectivity index (χ1v) is 5.83. The second-order valence-corrected chi connectivity index (χ2v) is 5.74. The summed E-state index contributed by atoms with van der Waals surface area (Å²) >= 11 is 0. The maximum Gasteiger partial charge on any atom is 0.323 e. The SMILES string of the molecule is COC(=O)C1CCN1CC(O)CC(C)(C)C. The number of ether oxygens (including phenoxy) is 1. The first kappa shape index (κ1) is 13.5. The molecular formula is C12H23NO3. The number of rotatable bonds is 4. The van der Waals surface area contributed by atoms with Crippen LogP contribution in [-0.4, -0.2) is 48.3 Å². The maximum absolute atomic E-state index is 11.3. The fraction of sp³-hybridized carbons (Fsp3) is 0.917. The summed E-state index contributed by atoms with van der Waals surface area (Å²) in [6, 6.07) is -0.139.